The molecule has 0 saturated heterocycles. The fourth-order valence-corrected chi connectivity index (χ4v) is 5.61. The van der Waals surface area contributed by atoms with Gasteiger partial charge in [0.05, 0.1) is 18.8 Å². The third-order valence-electron chi connectivity index (χ3n) is 5.37. The lowest BCUT2D eigenvalue weighted by atomic mass is 10.2. The van der Waals surface area contributed by atoms with Crippen LogP contribution in [0.5, 0.6) is 0 Å². The van der Waals surface area contributed by atoms with Crippen LogP contribution in [0.3, 0.4) is 0 Å². The summed E-state index contributed by atoms with van der Waals surface area (Å²) in [4.78, 5) is 25.9. The van der Waals surface area contributed by atoms with Crippen molar-refractivity contribution in [2.45, 2.75) is 12.4 Å². The molecule has 2 aromatic carbocycles. The van der Waals surface area contributed by atoms with Crippen LogP contribution in [0.15, 0.2) is 58.5 Å². The van der Waals surface area contributed by atoms with Gasteiger partial charge in [-0.1, -0.05) is 58.5 Å². The average molecular weight is 783 g/mol. The van der Waals surface area contributed by atoms with Crippen molar-refractivity contribution < 1.29 is 0 Å². The number of nitrogen functional groups attached to an aromatic ring is 1. The number of hydrogen-bond acceptors (Lipinski definition) is 7. The number of nitrogens with zero attached hydrogens (tertiary/aromatic N) is 6. The SMILES string of the molecule is ClCc1c(Cl)cccc1Cl.N=c1ncn(Cc2c(Cl)cccc2Cl)c2nc(Br)[nH]c12.Nc1ncnc2nc(Br)[nH]c12. The van der Waals surface area contributed by atoms with Crippen LogP contribution in [0.25, 0.3) is 22.3 Å². The summed E-state index contributed by atoms with van der Waals surface area (Å²) >= 11 is 35.9. The summed E-state index contributed by atoms with van der Waals surface area (Å²) < 4.78 is 2.95. The van der Waals surface area contributed by atoms with Crippen LogP contribution in [-0.2, 0) is 12.4 Å². The Kier molecular flexibility index (Phi) is 10.9. The average Bonchev–Trinajstić information content (AvgIpc) is 3.52. The van der Waals surface area contributed by atoms with Gasteiger partial charge in [-0.05, 0) is 56.1 Å². The highest BCUT2D eigenvalue weighted by molar-refractivity contribution is 9.10. The molecule has 41 heavy (non-hydrogen) atoms. The minimum absolute atomic E-state index is 0.139. The Morgan fingerprint density at radius 2 is 1.37 bits per heavy atom. The van der Waals surface area contributed by atoms with Crippen molar-refractivity contribution in [1.29, 1.82) is 5.41 Å². The van der Waals surface area contributed by atoms with Gasteiger partial charge in [0.1, 0.15) is 17.4 Å². The van der Waals surface area contributed by atoms with Gasteiger partial charge in [-0.3, -0.25) is 5.41 Å². The van der Waals surface area contributed by atoms with Gasteiger partial charge in [-0.2, -0.15) is 0 Å². The van der Waals surface area contributed by atoms with Crippen molar-refractivity contribution in [3.05, 3.63) is 95.2 Å². The first-order valence-corrected chi connectivity index (χ1v) is 14.9. The number of rotatable bonds is 3. The van der Waals surface area contributed by atoms with E-state index in [-0.39, 0.29) is 5.49 Å². The molecule has 0 amide bonds. The Balaban J connectivity index is 0.000000156. The molecule has 17 heteroatoms. The van der Waals surface area contributed by atoms with E-state index in [4.69, 9.17) is 69.1 Å². The molecule has 4 heterocycles. The van der Waals surface area contributed by atoms with Crippen molar-refractivity contribution in [2.75, 3.05) is 5.73 Å². The van der Waals surface area contributed by atoms with Gasteiger partial charge < -0.3 is 20.3 Å². The lowest BCUT2D eigenvalue weighted by molar-refractivity contribution is 0.783. The molecular formula is C24H17Br2Cl5N10. The number of aromatic amines is 2. The van der Waals surface area contributed by atoms with Crippen LogP contribution in [0.2, 0.25) is 20.1 Å². The van der Waals surface area contributed by atoms with Gasteiger partial charge in [0.15, 0.2) is 32.1 Å². The number of hydrogen-bond donors (Lipinski definition) is 4. The summed E-state index contributed by atoms with van der Waals surface area (Å²) in [6, 6.07) is 10.7. The highest BCUT2D eigenvalue weighted by Gasteiger charge is 2.11. The molecule has 0 saturated carbocycles. The number of aromatic nitrogens is 8. The molecule has 0 aliphatic heterocycles. The summed E-state index contributed by atoms with van der Waals surface area (Å²) in [5, 5.41) is 10.2. The zero-order valence-corrected chi connectivity index (χ0v) is 27.4. The number of nitrogens with one attached hydrogen (secondary N) is 3. The van der Waals surface area contributed by atoms with Gasteiger partial charge in [-0.15, -0.1) is 11.6 Å². The van der Waals surface area contributed by atoms with Crippen molar-refractivity contribution in [2.24, 2.45) is 0 Å². The maximum Gasteiger partial charge on any atom is 0.183 e. The molecule has 0 aliphatic carbocycles. The fraction of sp³-hybridized carbons (Fsp3) is 0.0833. The van der Waals surface area contributed by atoms with Crippen molar-refractivity contribution in [3.63, 3.8) is 0 Å². The molecule has 212 valence electrons. The number of benzene rings is 2. The largest absolute Gasteiger partial charge is 0.382 e. The Morgan fingerprint density at radius 1 is 0.805 bits per heavy atom. The Hall–Kier alpha value is -2.45. The first kappa shape index (κ1) is 31.5. The van der Waals surface area contributed by atoms with E-state index in [1.165, 1.54) is 6.33 Å². The topological polar surface area (TPSA) is 151 Å². The number of anilines is 1. The molecule has 0 unspecified atom stereocenters. The first-order valence-electron chi connectivity index (χ1n) is 11.3. The number of nitrogens with two attached hydrogens (primary N) is 1. The number of halogens is 7. The van der Waals surface area contributed by atoms with E-state index >= 15 is 0 Å². The van der Waals surface area contributed by atoms with E-state index in [9.17, 15) is 0 Å². The fourth-order valence-electron chi connectivity index (χ4n) is 3.40. The number of H-pyrrole nitrogens is 2. The molecule has 0 atom stereocenters. The van der Waals surface area contributed by atoms with E-state index in [1.54, 1.807) is 47.3 Å². The van der Waals surface area contributed by atoms with Crippen LogP contribution in [0, 0.1) is 5.41 Å². The molecule has 10 nitrogen and oxygen atoms in total. The molecule has 4 aromatic heterocycles. The number of alkyl halides is 1. The zero-order chi connectivity index (χ0) is 29.7. The molecule has 0 radical (unpaired) electrons. The number of imidazole rings is 2. The van der Waals surface area contributed by atoms with Gasteiger partial charge >= 0.3 is 0 Å². The summed E-state index contributed by atoms with van der Waals surface area (Å²) in [6.07, 6.45) is 2.93. The minimum Gasteiger partial charge on any atom is -0.382 e. The van der Waals surface area contributed by atoms with Crippen molar-refractivity contribution >= 4 is 118 Å². The maximum atomic E-state index is 7.77. The van der Waals surface area contributed by atoms with Gasteiger partial charge in [0.25, 0.3) is 0 Å². The summed E-state index contributed by atoms with van der Waals surface area (Å²) in [7, 11) is 0. The molecule has 6 aromatic rings. The monoisotopic (exact) mass is 778 g/mol. The number of fused-ring (bicyclic) bond motifs is 2. The third-order valence-corrected chi connectivity index (χ3v) is 7.80. The summed E-state index contributed by atoms with van der Waals surface area (Å²) in [5.74, 6) is 0.770. The third kappa shape index (κ3) is 7.69. The molecule has 0 aliphatic rings. The van der Waals surface area contributed by atoms with Crippen molar-refractivity contribution in [3.8, 4) is 0 Å². The highest BCUT2D eigenvalue weighted by atomic mass is 79.9. The van der Waals surface area contributed by atoms with Crippen LogP contribution in [-0.4, -0.2) is 39.5 Å². The Morgan fingerprint density at radius 3 is 1.93 bits per heavy atom. The van der Waals surface area contributed by atoms with Crippen LogP contribution < -0.4 is 11.2 Å². The van der Waals surface area contributed by atoms with Crippen LogP contribution >= 0.6 is 89.9 Å². The van der Waals surface area contributed by atoms with E-state index in [2.05, 4.69) is 66.7 Å². The first-order chi connectivity index (χ1) is 19.6. The van der Waals surface area contributed by atoms with Crippen LogP contribution in [0.4, 0.5) is 5.82 Å². The van der Waals surface area contributed by atoms with E-state index < -0.39 is 0 Å². The molecule has 6 rings (SSSR count). The molecule has 0 bridgehead atoms. The summed E-state index contributed by atoms with van der Waals surface area (Å²) in [6.45, 7) is 0.430. The Bertz CT molecular complexity index is 1850. The van der Waals surface area contributed by atoms with Gasteiger partial charge in [0, 0.05) is 31.2 Å². The maximum absolute atomic E-state index is 7.77. The van der Waals surface area contributed by atoms with Crippen molar-refractivity contribution in [1.82, 2.24) is 39.5 Å². The van der Waals surface area contributed by atoms with E-state index in [1.807, 2.05) is 0 Å². The highest BCUT2D eigenvalue weighted by Crippen LogP contribution is 2.26. The molecular weight excluding hydrogens is 765 g/mol. The second kappa shape index (κ2) is 14.1. The lowest BCUT2D eigenvalue weighted by Gasteiger charge is -2.10. The predicted molar refractivity (Wildman–Crippen MR) is 171 cm³/mol. The normalized spacial score (nSPS) is 10.7. The standard InChI is InChI=1S/C12H8BrCl2N5.C7H5Cl3.C5H4BrN5/c13-12-18-9-10(16)17-5-20(11(9)19-12)4-6-7(14)2-1-3-8(6)15;8-4-5-6(9)2-1-3-7(5)10;6-5-10-2-3(7)8-1-9-4(2)11-5/h1-3,5,16H,4H2,(H,18,19);1-3H,4H2;1H,(H3,7,8,9,10,11). The lowest BCUT2D eigenvalue weighted by Crippen LogP contribution is -2.13. The predicted octanol–water partition coefficient (Wildman–Crippen LogP) is 7.79. The quantitative estimate of drug-likeness (QED) is 0.106. The summed E-state index contributed by atoms with van der Waals surface area (Å²) in [5.41, 5.74) is 9.67. The zero-order valence-electron chi connectivity index (χ0n) is 20.4. The second-order valence-corrected chi connectivity index (χ2v) is 11.4. The smallest absolute Gasteiger partial charge is 0.183 e. The van der Waals surface area contributed by atoms with Gasteiger partial charge in [0.2, 0.25) is 0 Å². The molecule has 5 N–H and O–H groups in total. The van der Waals surface area contributed by atoms with Gasteiger partial charge in [-0.25, -0.2) is 24.9 Å². The minimum atomic E-state index is 0.139. The van der Waals surface area contributed by atoms with E-state index in [0.717, 1.165) is 11.1 Å². The molecule has 0 spiro atoms. The second-order valence-electron chi connectivity index (χ2n) is 7.97. The van der Waals surface area contributed by atoms with E-state index in [0.29, 0.717) is 70.1 Å². The van der Waals surface area contributed by atoms with Crippen LogP contribution in [0.1, 0.15) is 11.1 Å². The molecule has 0 fully saturated rings. The Labute approximate surface area is 274 Å².